The fourth-order valence-electron chi connectivity index (χ4n) is 3.20. The topological polar surface area (TPSA) is 17.1 Å². The second-order valence-corrected chi connectivity index (χ2v) is 6.42. The Hall–Kier alpha value is -0.330. The Kier molecular flexibility index (Phi) is 4.58. The lowest BCUT2D eigenvalue weighted by molar-refractivity contribution is -0.139. The lowest BCUT2D eigenvalue weighted by Crippen LogP contribution is -2.45. The van der Waals surface area contributed by atoms with E-state index < -0.39 is 0 Å². The molecule has 0 aromatic carbocycles. The van der Waals surface area contributed by atoms with Crippen LogP contribution in [0.3, 0.4) is 0 Å². The van der Waals surface area contributed by atoms with Crippen LogP contribution in [-0.4, -0.2) is 5.78 Å². The molecule has 1 saturated carbocycles. The maximum absolute atomic E-state index is 12.4. The number of carbonyl (C=O) groups is 1. The molecule has 1 fully saturated rings. The minimum atomic E-state index is -0.0135. The van der Waals surface area contributed by atoms with Gasteiger partial charge in [-0.3, -0.25) is 4.79 Å². The molecule has 1 heteroatoms. The van der Waals surface area contributed by atoms with Crippen LogP contribution in [-0.2, 0) is 4.79 Å². The van der Waals surface area contributed by atoms with Crippen LogP contribution < -0.4 is 0 Å². The number of carbonyl (C=O) groups excluding carboxylic acids is 1. The van der Waals surface area contributed by atoms with Gasteiger partial charge in [0.15, 0.2) is 0 Å². The lowest BCUT2D eigenvalue weighted by Gasteiger charge is -2.46. The maximum Gasteiger partial charge on any atom is 0.139 e. The molecule has 0 bridgehead atoms. The van der Waals surface area contributed by atoms with Crippen LogP contribution in [0.2, 0.25) is 0 Å². The summed E-state index contributed by atoms with van der Waals surface area (Å²) >= 11 is 0. The summed E-state index contributed by atoms with van der Waals surface area (Å²) in [5, 5.41) is 0. The van der Waals surface area contributed by atoms with Crippen LogP contribution in [0.4, 0.5) is 0 Å². The van der Waals surface area contributed by atoms with Crippen molar-refractivity contribution in [2.75, 3.05) is 0 Å². The summed E-state index contributed by atoms with van der Waals surface area (Å²) in [5.41, 5.74) is 0.124. The quantitative estimate of drug-likeness (QED) is 0.630. The molecule has 0 radical (unpaired) electrons. The predicted octanol–water partition coefficient (Wildman–Crippen LogP) is 4.74. The van der Waals surface area contributed by atoms with Crippen LogP contribution in [0.25, 0.3) is 0 Å². The SMILES string of the molecule is CCCCCC1(C(C)(C)C)CCCCC1=O. The zero-order chi connectivity index (χ0) is 12.2. The molecular weight excluding hydrogens is 196 g/mol. The van der Waals surface area contributed by atoms with Crippen molar-refractivity contribution in [2.45, 2.75) is 79.1 Å². The van der Waals surface area contributed by atoms with Gasteiger partial charge in [-0.2, -0.15) is 0 Å². The van der Waals surface area contributed by atoms with Gasteiger partial charge in [0.25, 0.3) is 0 Å². The maximum atomic E-state index is 12.4. The highest BCUT2D eigenvalue weighted by molar-refractivity contribution is 5.86. The van der Waals surface area contributed by atoms with Gasteiger partial charge in [0.1, 0.15) is 5.78 Å². The molecule has 1 unspecified atom stereocenters. The predicted molar refractivity (Wildman–Crippen MR) is 69.5 cm³/mol. The number of hydrogen-bond donors (Lipinski definition) is 0. The van der Waals surface area contributed by atoms with Crippen molar-refractivity contribution in [1.82, 2.24) is 0 Å². The zero-order valence-electron chi connectivity index (χ0n) is 11.6. The summed E-state index contributed by atoms with van der Waals surface area (Å²) in [7, 11) is 0. The van der Waals surface area contributed by atoms with Gasteiger partial charge < -0.3 is 0 Å². The van der Waals surface area contributed by atoms with E-state index in [0.717, 1.165) is 25.7 Å². The minimum absolute atomic E-state index is 0.0135. The standard InChI is InChI=1S/C15H28O/c1-5-6-8-11-15(14(2,3)4)12-9-7-10-13(15)16/h5-12H2,1-4H3. The number of rotatable bonds is 4. The van der Waals surface area contributed by atoms with Crippen molar-refractivity contribution in [3.05, 3.63) is 0 Å². The fourth-order valence-corrected chi connectivity index (χ4v) is 3.20. The van der Waals surface area contributed by atoms with E-state index >= 15 is 0 Å². The molecule has 0 aromatic heterocycles. The van der Waals surface area contributed by atoms with E-state index in [-0.39, 0.29) is 10.8 Å². The normalized spacial score (nSPS) is 27.1. The molecule has 94 valence electrons. The number of Topliss-reactive ketones (excluding diaryl/α,β-unsaturated/α-hetero) is 1. The highest BCUT2D eigenvalue weighted by atomic mass is 16.1. The second-order valence-electron chi connectivity index (χ2n) is 6.42. The molecule has 0 N–H and O–H groups in total. The van der Waals surface area contributed by atoms with Crippen molar-refractivity contribution in [3.63, 3.8) is 0 Å². The van der Waals surface area contributed by atoms with Crippen LogP contribution in [0, 0.1) is 10.8 Å². The summed E-state index contributed by atoms with van der Waals surface area (Å²) < 4.78 is 0. The van der Waals surface area contributed by atoms with Gasteiger partial charge in [-0.05, 0) is 24.7 Å². The molecular formula is C15H28O. The van der Waals surface area contributed by atoms with E-state index in [1.54, 1.807) is 0 Å². The van der Waals surface area contributed by atoms with E-state index in [1.165, 1.54) is 25.7 Å². The first-order chi connectivity index (χ1) is 7.44. The van der Waals surface area contributed by atoms with Gasteiger partial charge >= 0.3 is 0 Å². The van der Waals surface area contributed by atoms with Crippen LogP contribution in [0.5, 0.6) is 0 Å². The minimum Gasteiger partial charge on any atom is -0.299 e. The van der Waals surface area contributed by atoms with Crippen molar-refractivity contribution in [3.8, 4) is 0 Å². The Morgan fingerprint density at radius 3 is 2.38 bits per heavy atom. The third-order valence-electron chi connectivity index (χ3n) is 4.43. The van der Waals surface area contributed by atoms with Crippen molar-refractivity contribution in [1.29, 1.82) is 0 Å². The molecule has 0 aromatic rings. The van der Waals surface area contributed by atoms with Gasteiger partial charge in [0.2, 0.25) is 0 Å². The van der Waals surface area contributed by atoms with E-state index in [0.29, 0.717) is 5.78 Å². The molecule has 0 amide bonds. The molecule has 0 spiro atoms. The summed E-state index contributed by atoms with van der Waals surface area (Å²) in [5.74, 6) is 0.544. The van der Waals surface area contributed by atoms with Crippen molar-refractivity contribution >= 4 is 5.78 Å². The van der Waals surface area contributed by atoms with Crippen molar-refractivity contribution < 1.29 is 4.79 Å². The zero-order valence-corrected chi connectivity index (χ0v) is 11.6. The molecule has 0 heterocycles. The fraction of sp³-hybridized carbons (Fsp3) is 0.933. The van der Waals surface area contributed by atoms with Gasteiger partial charge in [0.05, 0.1) is 0 Å². The molecule has 0 aliphatic heterocycles. The molecule has 16 heavy (non-hydrogen) atoms. The van der Waals surface area contributed by atoms with Crippen molar-refractivity contribution in [2.24, 2.45) is 10.8 Å². The van der Waals surface area contributed by atoms with E-state index in [2.05, 4.69) is 27.7 Å². The van der Waals surface area contributed by atoms with E-state index in [1.807, 2.05) is 0 Å². The first-order valence-corrected chi connectivity index (χ1v) is 6.97. The van der Waals surface area contributed by atoms with Gasteiger partial charge in [-0.25, -0.2) is 0 Å². The summed E-state index contributed by atoms with van der Waals surface area (Å²) in [6.45, 7) is 8.99. The molecule has 1 rings (SSSR count). The average molecular weight is 224 g/mol. The van der Waals surface area contributed by atoms with Gasteiger partial charge in [-0.15, -0.1) is 0 Å². The summed E-state index contributed by atoms with van der Waals surface area (Å²) in [6.07, 6.45) is 9.16. The molecule has 1 aliphatic rings. The number of unbranched alkanes of at least 4 members (excludes halogenated alkanes) is 2. The Morgan fingerprint density at radius 2 is 1.88 bits per heavy atom. The van der Waals surface area contributed by atoms with Gasteiger partial charge in [0, 0.05) is 11.8 Å². The first-order valence-electron chi connectivity index (χ1n) is 6.97. The third kappa shape index (κ3) is 2.67. The van der Waals surface area contributed by atoms with Gasteiger partial charge in [-0.1, -0.05) is 53.4 Å². The third-order valence-corrected chi connectivity index (χ3v) is 4.43. The monoisotopic (exact) mass is 224 g/mol. The Labute approximate surface area is 101 Å². The van der Waals surface area contributed by atoms with Crippen LogP contribution >= 0.6 is 0 Å². The molecule has 1 atom stereocenters. The lowest BCUT2D eigenvalue weighted by atomic mass is 9.56. The van der Waals surface area contributed by atoms with Crippen LogP contribution in [0.1, 0.15) is 79.1 Å². The Bertz CT molecular complexity index is 236. The average Bonchev–Trinajstić information content (AvgIpc) is 2.19. The number of hydrogen-bond acceptors (Lipinski definition) is 1. The van der Waals surface area contributed by atoms with E-state index in [9.17, 15) is 4.79 Å². The smallest absolute Gasteiger partial charge is 0.139 e. The Morgan fingerprint density at radius 1 is 1.19 bits per heavy atom. The molecule has 1 aliphatic carbocycles. The van der Waals surface area contributed by atoms with Crippen LogP contribution in [0.15, 0.2) is 0 Å². The second kappa shape index (κ2) is 5.33. The summed E-state index contributed by atoms with van der Waals surface area (Å²) in [4.78, 5) is 12.4. The highest BCUT2D eigenvalue weighted by Gasteiger charge is 2.47. The Balaban J connectivity index is 2.79. The molecule has 1 nitrogen and oxygen atoms in total. The summed E-state index contributed by atoms with van der Waals surface area (Å²) in [6, 6.07) is 0. The highest BCUT2D eigenvalue weighted by Crippen LogP contribution is 2.50. The number of ketones is 1. The molecule has 0 saturated heterocycles. The first kappa shape index (κ1) is 13.7. The largest absolute Gasteiger partial charge is 0.299 e. The van der Waals surface area contributed by atoms with E-state index in [4.69, 9.17) is 0 Å².